The summed E-state index contributed by atoms with van der Waals surface area (Å²) in [6.45, 7) is 6.29. The quantitative estimate of drug-likeness (QED) is 0.607. The van der Waals surface area contributed by atoms with Crippen LogP contribution >= 0.6 is 23.6 Å². The van der Waals surface area contributed by atoms with Gasteiger partial charge in [-0.05, 0) is 33.0 Å². The lowest BCUT2D eigenvalue weighted by Crippen LogP contribution is -2.44. The molecule has 0 fully saturated rings. The molecule has 17 heavy (non-hydrogen) atoms. The van der Waals surface area contributed by atoms with Crippen molar-refractivity contribution in [1.82, 2.24) is 10.3 Å². The number of rotatable bonds is 1. The summed E-state index contributed by atoms with van der Waals surface area (Å²) >= 11 is 6.65. The molecule has 0 saturated heterocycles. The molecule has 0 spiro atoms. The zero-order valence-electron chi connectivity index (χ0n) is 10.1. The van der Waals surface area contributed by atoms with Crippen LogP contribution in [0.25, 0.3) is 0 Å². The second kappa shape index (κ2) is 4.51. The summed E-state index contributed by atoms with van der Waals surface area (Å²) in [4.78, 5) is 16.2. The molecule has 1 atom stereocenters. The van der Waals surface area contributed by atoms with Crippen LogP contribution in [-0.4, -0.2) is 22.6 Å². The number of thiazole rings is 1. The van der Waals surface area contributed by atoms with E-state index < -0.39 is 5.60 Å². The van der Waals surface area contributed by atoms with Crippen molar-refractivity contribution in [2.75, 3.05) is 0 Å². The highest BCUT2D eigenvalue weighted by Crippen LogP contribution is 2.22. The third-order valence-electron chi connectivity index (χ3n) is 2.41. The highest BCUT2D eigenvalue weighted by atomic mass is 32.1. The first-order valence-corrected chi connectivity index (χ1v) is 6.75. The molecule has 2 rings (SSSR count). The first-order valence-electron chi connectivity index (χ1n) is 5.52. The highest BCUT2D eigenvalue weighted by molar-refractivity contribution is 7.73. The van der Waals surface area contributed by atoms with E-state index in [0.717, 1.165) is 9.65 Å². The number of fused-ring (bicyclic) bond motifs is 1. The maximum atomic E-state index is 11.9. The Morgan fingerprint density at radius 3 is 2.88 bits per heavy atom. The zero-order valence-corrected chi connectivity index (χ0v) is 11.8. The van der Waals surface area contributed by atoms with Crippen molar-refractivity contribution in [3.8, 4) is 0 Å². The van der Waals surface area contributed by atoms with E-state index in [-0.39, 0.29) is 12.0 Å². The molecule has 0 amide bonds. The van der Waals surface area contributed by atoms with Crippen LogP contribution in [0.5, 0.6) is 0 Å². The number of H-pyrrole nitrogens is 1. The van der Waals surface area contributed by atoms with Crippen LogP contribution in [0.2, 0.25) is 0 Å². The number of aromatic nitrogens is 1. The number of esters is 1. The second-order valence-corrected chi connectivity index (χ2v) is 6.86. The van der Waals surface area contributed by atoms with Gasteiger partial charge in [-0.25, -0.2) is 0 Å². The van der Waals surface area contributed by atoms with E-state index in [1.165, 1.54) is 4.88 Å². The van der Waals surface area contributed by atoms with Crippen LogP contribution in [0.3, 0.4) is 0 Å². The number of hydrogen-bond donors (Lipinski definition) is 2. The van der Waals surface area contributed by atoms with Gasteiger partial charge in [0.1, 0.15) is 11.6 Å². The number of carbonyl (C=O) groups excluding carboxylic acids is 1. The van der Waals surface area contributed by atoms with Crippen molar-refractivity contribution < 1.29 is 9.53 Å². The van der Waals surface area contributed by atoms with Crippen LogP contribution in [0, 0.1) is 3.95 Å². The zero-order chi connectivity index (χ0) is 12.6. The fourth-order valence-corrected chi connectivity index (χ4v) is 2.97. The van der Waals surface area contributed by atoms with Gasteiger partial charge in [0.05, 0.1) is 0 Å². The van der Waals surface area contributed by atoms with E-state index in [9.17, 15) is 4.79 Å². The number of hydrogen-bond acceptors (Lipinski definition) is 5. The lowest BCUT2D eigenvalue weighted by molar-refractivity contribution is -0.157. The molecule has 1 unspecified atom stereocenters. The standard InChI is InChI=1S/C11H16N2O2S2/c1-11(2,3)15-9(14)7-4-6-8(5-12-7)17-10(16)13-6/h7,12H,4-5H2,1-3H3,(H,13,16). The molecule has 0 aliphatic carbocycles. The topological polar surface area (TPSA) is 54.1 Å². The molecule has 1 aromatic rings. The average Bonchev–Trinajstić information content (AvgIpc) is 2.53. The molecule has 0 saturated carbocycles. The molecular formula is C11H16N2O2S2. The van der Waals surface area contributed by atoms with Crippen molar-refractivity contribution >= 4 is 29.5 Å². The predicted octanol–water partition coefficient (Wildman–Crippen LogP) is 2.16. The van der Waals surface area contributed by atoms with Gasteiger partial charge in [0.15, 0.2) is 3.95 Å². The third-order valence-corrected chi connectivity index (χ3v) is 3.69. The van der Waals surface area contributed by atoms with E-state index in [4.69, 9.17) is 17.0 Å². The molecule has 4 nitrogen and oxygen atoms in total. The Morgan fingerprint density at radius 2 is 2.24 bits per heavy atom. The number of carbonyl (C=O) groups is 1. The molecule has 2 heterocycles. The predicted molar refractivity (Wildman–Crippen MR) is 69.7 cm³/mol. The summed E-state index contributed by atoms with van der Waals surface area (Å²) in [5, 5.41) is 3.18. The molecular weight excluding hydrogens is 256 g/mol. The normalized spacial score (nSPS) is 19.8. The summed E-state index contributed by atoms with van der Waals surface area (Å²) in [5.41, 5.74) is 0.621. The minimum atomic E-state index is -0.444. The molecule has 0 radical (unpaired) electrons. The largest absolute Gasteiger partial charge is 0.459 e. The maximum absolute atomic E-state index is 11.9. The first-order chi connectivity index (χ1) is 7.85. The van der Waals surface area contributed by atoms with E-state index in [1.807, 2.05) is 20.8 Å². The van der Waals surface area contributed by atoms with Crippen LogP contribution < -0.4 is 5.32 Å². The van der Waals surface area contributed by atoms with Crippen molar-refractivity contribution in [1.29, 1.82) is 0 Å². The van der Waals surface area contributed by atoms with Crippen LogP contribution in [-0.2, 0) is 22.5 Å². The molecule has 0 aromatic carbocycles. The summed E-state index contributed by atoms with van der Waals surface area (Å²) < 4.78 is 6.13. The molecule has 1 aliphatic rings. The minimum Gasteiger partial charge on any atom is -0.459 e. The minimum absolute atomic E-state index is 0.200. The molecule has 1 aromatic heterocycles. The summed E-state index contributed by atoms with van der Waals surface area (Å²) in [6.07, 6.45) is 0.622. The molecule has 2 N–H and O–H groups in total. The van der Waals surface area contributed by atoms with E-state index in [0.29, 0.717) is 13.0 Å². The van der Waals surface area contributed by atoms with Gasteiger partial charge in [-0.15, -0.1) is 11.3 Å². The number of aromatic amines is 1. The highest BCUT2D eigenvalue weighted by Gasteiger charge is 2.29. The van der Waals surface area contributed by atoms with Crippen LogP contribution in [0.15, 0.2) is 0 Å². The number of ether oxygens (including phenoxy) is 1. The summed E-state index contributed by atoms with van der Waals surface area (Å²) in [6, 6.07) is -0.276. The van der Waals surface area contributed by atoms with Crippen LogP contribution in [0.4, 0.5) is 0 Å². The van der Waals surface area contributed by atoms with Gasteiger partial charge in [0, 0.05) is 23.5 Å². The third kappa shape index (κ3) is 3.14. The lowest BCUT2D eigenvalue weighted by Gasteiger charge is -2.26. The van der Waals surface area contributed by atoms with Gasteiger partial charge >= 0.3 is 5.97 Å². The van der Waals surface area contributed by atoms with E-state index in [1.54, 1.807) is 11.3 Å². The van der Waals surface area contributed by atoms with Gasteiger partial charge in [-0.2, -0.15) is 0 Å². The molecule has 94 valence electrons. The Hall–Kier alpha value is -0.720. The van der Waals surface area contributed by atoms with E-state index in [2.05, 4.69) is 10.3 Å². The molecule has 0 bridgehead atoms. The Labute approximate surface area is 109 Å². The van der Waals surface area contributed by atoms with Crippen molar-refractivity contribution in [3.63, 3.8) is 0 Å². The van der Waals surface area contributed by atoms with Gasteiger partial charge in [0.2, 0.25) is 0 Å². The maximum Gasteiger partial charge on any atom is 0.324 e. The van der Waals surface area contributed by atoms with E-state index >= 15 is 0 Å². The molecule has 6 heteroatoms. The van der Waals surface area contributed by atoms with Gasteiger partial charge in [0.25, 0.3) is 0 Å². The SMILES string of the molecule is CC(C)(C)OC(=O)C1Cc2[nH]c(=S)sc2CN1. The Bertz CT molecular complexity index is 484. The monoisotopic (exact) mass is 272 g/mol. The Kier molecular flexibility index (Phi) is 3.38. The molecule has 1 aliphatic heterocycles. The van der Waals surface area contributed by atoms with Gasteiger partial charge in [-0.1, -0.05) is 0 Å². The van der Waals surface area contributed by atoms with Crippen LogP contribution in [0.1, 0.15) is 31.3 Å². The summed E-state index contributed by atoms with van der Waals surface area (Å²) in [7, 11) is 0. The Balaban J connectivity index is 2.07. The van der Waals surface area contributed by atoms with Gasteiger partial charge in [-0.3, -0.25) is 10.1 Å². The fraction of sp³-hybridized carbons (Fsp3) is 0.636. The lowest BCUT2D eigenvalue weighted by atomic mass is 10.1. The van der Waals surface area contributed by atoms with Crippen molar-refractivity contribution in [3.05, 3.63) is 14.5 Å². The fourth-order valence-electron chi connectivity index (χ4n) is 1.73. The first kappa shape index (κ1) is 12.7. The second-order valence-electron chi connectivity index (χ2n) is 5.09. The van der Waals surface area contributed by atoms with Crippen molar-refractivity contribution in [2.24, 2.45) is 0 Å². The average molecular weight is 272 g/mol. The Morgan fingerprint density at radius 1 is 1.53 bits per heavy atom. The van der Waals surface area contributed by atoms with Crippen molar-refractivity contribution in [2.45, 2.75) is 45.4 Å². The van der Waals surface area contributed by atoms with Gasteiger partial charge < -0.3 is 9.72 Å². The summed E-state index contributed by atoms with van der Waals surface area (Å²) in [5.74, 6) is -0.200. The number of nitrogens with one attached hydrogen (secondary N) is 2. The smallest absolute Gasteiger partial charge is 0.324 e.